The Bertz CT molecular complexity index is 1240. The summed E-state index contributed by atoms with van der Waals surface area (Å²) < 4.78 is 13.0. The van der Waals surface area contributed by atoms with Crippen LogP contribution in [0.4, 0.5) is 0 Å². The number of aromatic nitrogens is 4. The molecule has 1 unspecified atom stereocenters. The summed E-state index contributed by atoms with van der Waals surface area (Å²) in [6, 6.07) is 21.1. The number of aryl methyl sites for hydroxylation is 2. The molecule has 0 aliphatic carbocycles. The van der Waals surface area contributed by atoms with Gasteiger partial charge in [0.2, 0.25) is 6.79 Å². The van der Waals surface area contributed by atoms with Crippen LogP contribution < -0.4 is 9.47 Å². The SMILES string of the molecule is Cl.c1ccc(CCn2nnnc2C(c2cccs2)N2CCN(Cc3ccc4c(c3)OCO4)CC2)cc1. The Kier molecular flexibility index (Phi) is 7.81. The molecule has 0 spiro atoms. The van der Waals surface area contributed by atoms with Crippen LogP contribution in [0.2, 0.25) is 0 Å². The summed E-state index contributed by atoms with van der Waals surface area (Å²) in [7, 11) is 0. The fraction of sp³-hybridized carbons (Fsp3) is 0.346. The molecule has 188 valence electrons. The monoisotopic (exact) mass is 524 g/mol. The van der Waals surface area contributed by atoms with E-state index < -0.39 is 0 Å². The van der Waals surface area contributed by atoms with Crippen LogP contribution in [0.1, 0.15) is 27.9 Å². The van der Waals surface area contributed by atoms with Gasteiger partial charge in [-0.05, 0) is 51.6 Å². The van der Waals surface area contributed by atoms with Gasteiger partial charge in [0.15, 0.2) is 17.3 Å². The quantitative estimate of drug-likeness (QED) is 0.344. The standard InChI is InChI=1S/C26H28N6O2S.ClH/c1-2-5-20(6-3-1)10-11-32-26(27-28-29-32)25(24-7-4-16-35-24)31-14-12-30(13-15-31)18-21-8-9-22-23(17-21)34-19-33-22;/h1-9,16-17,25H,10-15,18-19H2;1H. The summed E-state index contributed by atoms with van der Waals surface area (Å²) >= 11 is 1.77. The average Bonchev–Trinajstić information content (AvgIpc) is 3.67. The van der Waals surface area contributed by atoms with Crippen LogP contribution in [0.3, 0.4) is 0 Å². The molecule has 8 nitrogen and oxygen atoms in total. The zero-order valence-corrected chi connectivity index (χ0v) is 21.5. The number of halogens is 1. The molecule has 2 aromatic carbocycles. The molecular formula is C26H29ClN6O2S. The van der Waals surface area contributed by atoms with Crippen LogP contribution in [-0.2, 0) is 19.5 Å². The Morgan fingerprint density at radius 1 is 0.889 bits per heavy atom. The maximum atomic E-state index is 5.55. The van der Waals surface area contributed by atoms with Crippen molar-refractivity contribution in [2.75, 3.05) is 33.0 Å². The molecular weight excluding hydrogens is 496 g/mol. The maximum Gasteiger partial charge on any atom is 0.231 e. The second-order valence-electron chi connectivity index (χ2n) is 8.91. The van der Waals surface area contributed by atoms with Gasteiger partial charge in [-0.1, -0.05) is 42.5 Å². The Morgan fingerprint density at radius 3 is 2.53 bits per heavy atom. The zero-order chi connectivity index (χ0) is 23.5. The first-order valence-corrected chi connectivity index (χ1v) is 12.9. The molecule has 0 bridgehead atoms. The summed E-state index contributed by atoms with van der Waals surface area (Å²) in [6.07, 6.45) is 0.902. The Morgan fingerprint density at radius 2 is 1.72 bits per heavy atom. The van der Waals surface area contributed by atoms with Gasteiger partial charge in [-0.15, -0.1) is 28.8 Å². The van der Waals surface area contributed by atoms with Crippen molar-refractivity contribution in [3.63, 3.8) is 0 Å². The molecule has 1 fully saturated rings. The van der Waals surface area contributed by atoms with Crippen molar-refractivity contribution < 1.29 is 9.47 Å². The molecule has 0 radical (unpaired) electrons. The van der Waals surface area contributed by atoms with E-state index in [2.05, 4.69) is 79.2 Å². The first-order chi connectivity index (χ1) is 17.3. The fourth-order valence-electron chi connectivity index (χ4n) is 4.84. The number of hydrogen-bond donors (Lipinski definition) is 0. The highest BCUT2D eigenvalue weighted by molar-refractivity contribution is 7.10. The lowest BCUT2D eigenvalue weighted by Crippen LogP contribution is -2.47. The van der Waals surface area contributed by atoms with E-state index in [1.54, 1.807) is 11.3 Å². The molecule has 1 atom stereocenters. The smallest absolute Gasteiger partial charge is 0.231 e. The van der Waals surface area contributed by atoms with Crippen molar-refractivity contribution >= 4 is 23.7 Å². The van der Waals surface area contributed by atoms with Crippen LogP contribution >= 0.6 is 23.7 Å². The van der Waals surface area contributed by atoms with Crippen molar-refractivity contribution in [2.24, 2.45) is 0 Å². The van der Waals surface area contributed by atoms with Crippen molar-refractivity contribution in [3.05, 3.63) is 87.9 Å². The molecule has 6 rings (SSSR count). The van der Waals surface area contributed by atoms with Crippen LogP contribution in [0.5, 0.6) is 11.5 Å². The van der Waals surface area contributed by atoms with E-state index in [4.69, 9.17) is 9.47 Å². The van der Waals surface area contributed by atoms with Crippen molar-refractivity contribution in [1.82, 2.24) is 30.0 Å². The van der Waals surface area contributed by atoms with Gasteiger partial charge in [0.25, 0.3) is 0 Å². The number of tetrazole rings is 1. The second kappa shape index (κ2) is 11.4. The van der Waals surface area contributed by atoms with E-state index in [-0.39, 0.29) is 18.4 Å². The maximum absolute atomic E-state index is 5.55. The van der Waals surface area contributed by atoms with Gasteiger partial charge in [-0.3, -0.25) is 9.80 Å². The number of rotatable bonds is 8. The fourth-order valence-corrected chi connectivity index (χ4v) is 5.70. The summed E-state index contributed by atoms with van der Waals surface area (Å²) in [5.74, 6) is 2.61. The summed E-state index contributed by atoms with van der Waals surface area (Å²) in [4.78, 5) is 6.30. The van der Waals surface area contributed by atoms with Gasteiger partial charge in [0, 0.05) is 44.1 Å². The lowest BCUT2D eigenvalue weighted by molar-refractivity contribution is 0.101. The van der Waals surface area contributed by atoms with E-state index in [9.17, 15) is 0 Å². The topological polar surface area (TPSA) is 68.5 Å². The molecule has 4 aromatic rings. The van der Waals surface area contributed by atoms with E-state index in [0.717, 1.165) is 63.0 Å². The number of nitrogens with zero attached hydrogens (tertiary/aromatic N) is 6. The van der Waals surface area contributed by atoms with Crippen molar-refractivity contribution in [1.29, 1.82) is 0 Å². The van der Waals surface area contributed by atoms with Crippen LogP contribution in [0.25, 0.3) is 0 Å². The number of ether oxygens (including phenoxy) is 2. The highest BCUT2D eigenvalue weighted by atomic mass is 35.5. The van der Waals surface area contributed by atoms with Crippen molar-refractivity contribution in [3.8, 4) is 11.5 Å². The van der Waals surface area contributed by atoms with Gasteiger partial charge in [0.1, 0.15) is 6.04 Å². The molecule has 10 heteroatoms. The predicted octanol–water partition coefficient (Wildman–Crippen LogP) is 4.04. The number of hydrogen-bond acceptors (Lipinski definition) is 8. The normalized spacial score (nSPS) is 16.6. The van der Waals surface area contributed by atoms with Crippen LogP contribution in [0, 0.1) is 0 Å². The third kappa shape index (κ3) is 5.39. The molecule has 2 aliphatic heterocycles. The molecule has 0 saturated carbocycles. The molecule has 1 saturated heterocycles. The number of thiophene rings is 1. The third-order valence-electron chi connectivity index (χ3n) is 6.69. The van der Waals surface area contributed by atoms with Crippen molar-refractivity contribution in [2.45, 2.75) is 25.6 Å². The molecule has 36 heavy (non-hydrogen) atoms. The largest absolute Gasteiger partial charge is 0.454 e. The molecule has 2 aliphatic rings. The highest BCUT2D eigenvalue weighted by Gasteiger charge is 2.31. The van der Waals surface area contributed by atoms with E-state index in [1.165, 1.54) is 16.0 Å². The minimum Gasteiger partial charge on any atom is -0.454 e. The lowest BCUT2D eigenvalue weighted by Gasteiger charge is -2.38. The molecule has 2 aromatic heterocycles. The third-order valence-corrected chi connectivity index (χ3v) is 7.61. The predicted molar refractivity (Wildman–Crippen MR) is 141 cm³/mol. The summed E-state index contributed by atoms with van der Waals surface area (Å²) in [5.41, 5.74) is 2.54. The Balaban J connectivity index is 0.00000267. The first kappa shape index (κ1) is 24.7. The van der Waals surface area contributed by atoms with Crippen LogP contribution in [0.15, 0.2) is 66.0 Å². The minimum absolute atomic E-state index is 0. The second-order valence-corrected chi connectivity index (χ2v) is 9.89. The number of benzene rings is 2. The first-order valence-electron chi connectivity index (χ1n) is 12.0. The Hall–Kier alpha value is -2.98. The zero-order valence-electron chi connectivity index (χ0n) is 19.9. The average molecular weight is 525 g/mol. The summed E-state index contributed by atoms with van der Waals surface area (Å²) in [6.45, 7) is 5.87. The summed E-state index contributed by atoms with van der Waals surface area (Å²) in [5, 5.41) is 15.1. The number of piperazine rings is 1. The van der Waals surface area contributed by atoms with Gasteiger partial charge in [-0.25, -0.2) is 4.68 Å². The number of fused-ring (bicyclic) bond motifs is 1. The highest BCUT2D eigenvalue weighted by Crippen LogP contribution is 2.34. The molecule has 0 amide bonds. The van der Waals surface area contributed by atoms with Crippen LogP contribution in [-0.4, -0.2) is 63.0 Å². The van der Waals surface area contributed by atoms with E-state index in [1.807, 2.05) is 16.8 Å². The van der Waals surface area contributed by atoms with Gasteiger partial charge in [0.05, 0.1) is 0 Å². The van der Waals surface area contributed by atoms with E-state index >= 15 is 0 Å². The lowest BCUT2D eigenvalue weighted by atomic mass is 10.1. The van der Waals surface area contributed by atoms with Gasteiger partial charge < -0.3 is 9.47 Å². The van der Waals surface area contributed by atoms with Gasteiger partial charge >= 0.3 is 0 Å². The minimum atomic E-state index is 0. The Labute approximate surface area is 220 Å². The van der Waals surface area contributed by atoms with E-state index in [0.29, 0.717) is 6.79 Å². The molecule has 4 heterocycles. The molecule has 0 N–H and O–H groups in total. The van der Waals surface area contributed by atoms with Gasteiger partial charge in [-0.2, -0.15) is 0 Å².